The number of hydrogen-bond donors (Lipinski definition) is 1. The number of aromatic nitrogens is 3. The Kier molecular flexibility index (Phi) is 4.35. The van der Waals surface area contributed by atoms with E-state index < -0.39 is 0 Å². The number of piperidine rings is 1. The first kappa shape index (κ1) is 14.7. The van der Waals surface area contributed by atoms with Gasteiger partial charge in [0.15, 0.2) is 0 Å². The van der Waals surface area contributed by atoms with Crippen LogP contribution in [0.2, 0.25) is 0 Å². The molecule has 0 amide bonds. The lowest BCUT2D eigenvalue weighted by molar-refractivity contribution is -0.0206. The molecule has 2 saturated heterocycles. The SMILES string of the molecule is CCc1nnc(OC2COC3(CCNCC3)C2)nc1CC. The van der Waals surface area contributed by atoms with Crippen molar-refractivity contribution in [2.24, 2.45) is 0 Å². The van der Waals surface area contributed by atoms with Gasteiger partial charge in [-0.3, -0.25) is 0 Å². The van der Waals surface area contributed by atoms with Crippen LogP contribution in [0.25, 0.3) is 0 Å². The van der Waals surface area contributed by atoms with Gasteiger partial charge in [0.1, 0.15) is 6.10 Å². The van der Waals surface area contributed by atoms with Crippen LogP contribution in [0, 0.1) is 0 Å². The lowest BCUT2D eigenvalue weighted by Gasteiger charge is -2.32. The van der Waals surface area contributed by atoms with Crippen LogP contribution in [0.1, 0.15) is 44.5 Å². The molecular formula is C15H24N4O2. The Labute approximate surface area is 125 Å². The second kappa shape index (κ2) is 6.23. The van der Waals surface area contributed by atoms with Gasteiger partial charge in [-0.15, -0.1) is 5.10 Å². The van der Waals surface area contributed by atoms with E-state index in [1.54, 1.807) is 0 Å². The normalized spacial score (nSPS) is 24.4. The molecule has 1 atom stereocenters. The first-order chi connectivity index (χ1) is 10.2. The summed E-state index contributed by atoms with van der Waals surface area (Å²) in [7, 11) is 0. The third-order valence-corrected chi connectivity index (χ3v) is 4.45. The van der Waals surface area contributed by atoms with Gasteiger partial charge in [0, 0.05) is 6.42 Å². The minimum atomic E-state index is 0.000288. The monoisotopic (exact) mass is 292 g/mol. The Morgan fingerprint density at radius 1 is 1.19 bits per heavy atom. The van der Waals surface area contributed by atoms with Crippen LogP contribution >= 0.6 is 0 Å². The Morgan fingerprint density at radius 2 is 1.95 bits per heavy atom. The Balaban J connectivity index is 1.64. The summed E-state index contributed by atoms with van der Waals surface area (Å²) in [5.74, 6) is 0. The van der Waals surface area contributed by atoms with E-state index in [4.69, 9.17) is 9.47 Å². The van der Waals surface area contributed by atoms with Gasteiger partial charge in [0.05, 0.1) is 23.6 Å². The lowest BCUT2D eigenvalue weighted by atomic mass is 9.89. The first-order valence-electron chi connectivity index (χ1n) is 7.98. The second-order valence-corrected chi connectivity index (χ2v) is 5.88. The van der Waals surface area contributed by atoms with Gasteiger partial charge < -0.3 is 14.8 Å². The fraction of sp³-hybridized carbons (Fsp3) is 0.800. The molecule has 1 N–H and O–H groups in total. The molecule has 2 fully saturated rings. The molecule has 0 bridgehead atoms. The van der Waals surface area contributed by atoms with Crippen molar-refractivity contribution in [3.63, 3.8) is 0 Å². The average Bonchev–Trinajstić information content (AvgIpc) is 2.90. The molecule has 0 aliphatic carbocycles. The average molecular weight is 292 g/mol. The molecule has 0 saturated carbocycles. The highest BCUT2D eigenvalue weighted by molar-refractivity contribution is 5.12. The van der Waals surface area contributed by atoms with Crippen molar-refractivity contribution in [3.05, 3.63) is 11.4 Å². The number of nitrogens with zero attached hydrogens (tertiary/aromatic N) is 3. The third kappa shape index (κ3) is 3.16. The van der Waals surface area contributed by atoms with E-state index in [1.165, 1.54) is 0 Å². The summed E-state index contributed by atoms with van der Waals surface area (Å²) < 4.78 is 11.9. The van der Waals surface area contributed by atoms with Crippen LogP contribution in [-0.2, 0) is 17.6 Å². The molecule has 6 nitrogen and oxygen atoms in total. The lowest BCUT2D eigenvalue weighted by Crippen LogP contribution is -2.41. The highest BCUT2D eigenvalue weighted by Crippen LogP contribution is 2.35. The number of hydrogen-bond acceptors (Lipinski definition) is 6. The Morgan fingerprint density at radius 3 is 2.67 bits per heavy atom. The van der Waals surface area contributed by atoms with Crippen LogP contribution in [0.15, 0.2) is 0 Å². The van der Waals surface area contributed by atoms with Crippen LogP contribution in [0.4, 0.5) is 0 Å². The Hall–Kier alpha value is -1.27. The van der Waals surface area contributed by atoms with E-state index >= 15 is 0 Å². The highest BCUT2D eigenvalue weighted by Gasteiger charge is 2.42. The molecule has 116 valence electrons. The van der Waals surface area contributed by atoms with E-state index in [2.05, 4.69) is 34.3 Å². The quantitative estimate of drug-likeness (QED) is 0.902. The topological polar surface area (TPSA) is 69.2 Å². The van der Waals surface area contributed by atoms with E-state index in [1.807, 2.05) is 0 Å². The maximum Gasteiger partial charge on any atom is 0.336 e. The van der Waals surface area contributed by atoms with Gasteiger partial charge in [0.25, 0.3) is 0 Å². The number of ether oxygens (including phenoxy) is 2. The van der Waals surface area contributed by atoms with E-state index in [9.17, 15) is 0 Å². The van der Waals surface area contributed by atoms with E-state index in [-0.39, 0.29) is 11.7 Å². The molecule has 2 aliphatic rings. The van der Waals surface area contributed by atoms with Gasteiger partial charge in [-0.1, -0.05) is 18.9 Å². The van der Waals surface area contributed by atoms with Gasteiger partial charge in [-0.2, -0.15) is 4.98 Å². The molecule has 21 heavy (non-hydrogen) atoms. The van der Waals surface area contributed by atoms with Gasteiger partial charge >= 0.3 is 6.01 Å². The van der Waals surface area contributed by atoms with Crippen molar-refractivity contribution >= 4 is 0 Å². The summed E-state index contributed by atoms with van der Waals surface area (Å²) in [5, 5.41) is 11.7. The molecule has 6 heteroatoms. The van der Waals surface area contributed by atoms with Crippen LogP contribution in [-0.4, -0.2) is 46.6 Å². The fourth-order valence-corrected chi connectivity index (χ4v) is 3.23. The van der Waals surface area contributed by atoms with Crippen LogP contribution < -0.4 is 10.1 Å². The van der Waals surface area contributed by atoms with E-state index in [0.717, 1.165) is 56.6 Å². The molecule has 1 unspecified atom stereocenters. The largest absolute Gasteiger partial charge is 0.456 e. The molecule has 1 aromatic heterocycles. The number of nitrogens with one attached hydrogen (secondary N) is 1. The number of rotatable bonds is 4. The van der Waals surface area contributed by atoms with Gasteiger partial charge in [0.2, 0.25) is 0 Å². The molecule has 1 aromatic rings. The summed E-state index contributed by atoms with van der Waals surface area (Å²) in [6.45, 7) is 6.82. The van der Waals surface area contributed by atoms with Crippen molar-refractivity contribution < 1.29 is 9.47 Å². The first-order valence-corrected chi connectivity index (χ1v) is 7.98. The van der Waals surface area contributed by atoms with E-state index in [0.29, 0.717) is 12.6 Å². The summed E-state index contributed by atoms with van der Waals surface area (Å²) in [4.78, 5) is 4.50. The predicted octanol–water partition coefficient (Wildman–Crippen LogP) is 1.29. The third-order valence-electron chi connectivity index (χ3n) is 4.45. The van der Waals surface area contributed by atoms with Crippen molar-refractivity contribution in [2.45, 2.75) is 57.7 Å². The molecule has 0 radical (unpaired) electrons. The van der Waals surface area contributed by atoms with Crippen LogP contribution in [0.3, 0.4) is 0 Å². The molecule has 3 heterocycles. The van der Waals surface area contributed by atoms with Gasteiger partial charge in [-0.05, 0) is 38.8 Å². The number of aryl methyl sites for hydroxylation is 2. The van der Waals surface area contributed by atoms with Crippen molar-refractivity contribution in [1.82, 2.24) is 20.5 Å². The van der Waals surface area contributed by atoms with Crippen molar-refractivity contribution in [1.29, 1.82) is 0 Å². The maximum absolute atomic E-state index is 6.03. The van der Waals surface area contributed by atoms with Crippen molar-refractivity contribution in [2.75, 3.05) is 19.7 Å². The maximum atomic E-state index is 6.03. The smallest absolute Gasteiger partial charge is 0.336 e. The predicted molar refractivity (Wildman–Crippen MR) is 78.4 cm³/mol. The highest BCUT2D eigenvalue weighted by atomic mass is 16.6. The van der Waals surface area contributed by atoms with Crippen molar-refractivity contribution in [3.8, 4) is 6.01 Å². The zero-order valence-corrected chi connectivity index (χ0v) is 12.9. The second-order valence-electron chi connectivity index (χ2n) is 5.88. The zero-order chi connectivity index (χ0) is 14.7. The minimum absolute atomic E-state index is 0.000288. The molecule has 1 spiro atoms. The minimum Gasteiger partial charge on any atom is -0.456 e. The Bertz CT molecular complexity index is 489. The molecular weight excluding hydrogens is 268 g/mol. The summed E-state index contributed by atoms with van der Waals surface area (Å²) in [6.07, 6.45) is 4.79. The molecule has 2 aliphatic heterocycles. The fourth-order valence-electron chi connectivity index (χ4n) is 3.23. The summed E-state index contributed by atoms with van der Waals surface area (Å²) in [5.41, 5.74) is 1.95. The summed E-state index contributed by atoms with van der Waals surface area (Å²) >= 11 is 0. The molecule has 3 rings (SSSR count). The van der Waals surface area contributed by atoms with Crippen LogP contribution in [0.5, 0.6) is 6.01 Å². The molecule has 0 aromatic carbocycles. The standard InChI is InChI=1S/C15H24N4O2/c1-3-12-13(4-2)18-19-14(17-12)21-11-9-15(20-10-11)5-7-16-8-6-15/h11,16H,3-10H2,1-2H3. The van der Waals surface area contributed by atoms with Gasteiger partial charge in [-0.25, -0.2) is 0 Å². The zero-order valence-electron chi connectivity index (χ0n) is 12.9. The summed E-state index contributed by atoms with van der Waals surface area (Å²) in [6, 6.07) is 0.392.